The second kappa shape index (κ2) is 7.55. The maximum Gasteiger partial charge on any atom is 0.290 e. The van der Waals surface area contributed by atoms with Crippen LogP contribution in [0.25, 0.3) is 0 Å². The molecule has 1 aromatic carbocycles. The molecule has 1 amide bonds. The van der Waals surface area contributed by atoms with Crippen molar-refractivity contribution in [2.24, 2.45) is 0 Å². The van der Waals surface area contributed by atoms with Crippen molar-refractivity contribution in [3.8, 4) is 0 Å². The Morgan fingerprint density at radius 2 is 1.83 bits per heavy atom. The van der Waals surface area contributed by atoms with E-state index in [0.717, 1.165) is 10.7 Å². The Bertz CT molecular complexity index is 815. The van der Waals surface area contributed by atoms with E-state index in [-0.39, 0.29) is 17.3 Å². The number of aromatic nitrogens is 1. The molecular formula is C17H22N3O3S+. The van der Waals surface area contributed by atoms with E-state index >= 15 is 0 Å². The molecule has 1 aromatic heterocycles. The summed E-state index contributed by atoms with van der Waals surface area (Å²) in [4.78, 5) is 12.3. The number of benzene rings is 1. The molecule has 0 spiro atoms. The molecule has 128 valence electrons. The third-order valence-corrected chi connectivity index (χ3v) is 5.40. The van der Waals surface area contributed by atoms with Gasteiger partial charge in [-0.15, -0.1) is 0 Å². The number of nitrogens with one attached hydrogen (secondary N) is 1. The topological polar surface area (TPSA) is 70.4 Å². The number of carbonyl (C=O) groups excluding carboxylic acids is 1. The van der Waals surface area contributed by atoms with Crippen LogP contribution < -0.4 is 9.88 Å². The third-order valence-electron chi connectivity index (χ3n) is 3.59. The lowest BCUT2D eigenvalue weighted by Crippen LogP contribution is -2.39. The molecule has 0 bridgehead atoms. The van der Waals surface area contributed by atoms with E-state index in [0.29, 0.717) is 5.69 Å². The van der Waals surface area contributed by atoms with Gasteiger partial charge in [-0.2, -0.15) is 4.57 Å². The first kappa shape index (κ1) is 18.1. The Kier molecular flexibility index (Phi) is 5.69. The summed E-state index contributed by atoms with van der Waals surface area (Å²) >= 11 is 0. The standard InChI is InChI=1S/C17H21N3O3S/c1-4-14-8-10-20(11-9-14)13-17(21)18-15-6-5-7-16(12-15)24(22,23)19(2)3/h5-12H,4,13H2,1-3H3/p+1. The fraction of sp³-hybridized carbons (Fsp3) is 0.294. The summed E-state index contributed by atoms with van der Waals surface area (Å²) in [6, 6.07) is 10.2. The minimum absolute atomic E-state index is 0.144. The molecule has 0 saturated carbocycles. The number of nitrogens with zero attached hydrogens (tertiary/aromatic N) is 2. The first-order chi connectivity index (χ1) is 11.3. The summed E-state index contributed by atoms with van der Waals surface area (Å²) in [5.74, 6) is -0.219. The second-order valence-electron chi connectivity index (χ2n) is 5.60. The third kappa shape index (κ3) is 4.39. The summed E-state index contributed by atoms with van der Waals surface area (Å²) in [7, 11) is -0.586. The smallest absolute Gasteiger partial charge is 0.290 e. The summed E-state index contributed by atoms with van der Waals surface area (Å²) in [5.41, 5.74) is 1.65. The average molecular weight is 348 g/mol. The summed E-state index contributed by atoms with van der Waals surface area (Å²) in [6.45, 7) is 2.23. The molecule has 0 aliphatic carbocycles. The lowest BCUT2D eigenvalue weighted by atomic mass is 10.2. The Balaban J connectivity index is 2.09. The zero-order valence-electron chi connectivity index (χ0n) is 14.1. The van der Waals surface area contributed by atoms with Gasteiger partial charge >= 0.3 is 0 Å². The summed E-state index contributed by atoms with van der Waals surface area (Å²) < 4.78 is 27.2. The van der Waals surface area contributed by atoms with Crippen LogP contribution in [0.1, 0.15) is 12.5 Å². The van der Waals surface area contributed by atoms with Gasteiger partial charge in [-0.3, -0.25) is 4.79 Å². The van der Waals surface area contributed by atoms with Gasteiger partial charge in [0.1, 0.15) is 0 Å². The zero-order valence-corrected chi connectivity index (χ0v) is 14.9. The van der Waals surface area contributed by atoms with Gasteiger partial charge < -0.3 is 5.32 Å². The van der Waals surface area contributed by atoms with Gasteiger partial charge in [-0.05, 0) is 30.2 Å². The molecule has 7 heteroatoms. The molecule has 2 aromatic rings. The van der Waals surface area contributed by atoms with E-state index in [4.69, 9.17) is 0 Å². The van der Waals surface area contributed by atoms with E-state index in [1.807, 2.05) is 24.5 Å². The van der Waals surface area contributed by atoms with Gasteiger partial charge in [0.25, 0.3) is 5.91 Å². The molecule has 1 N–H and O–H groups in total. The molecular weight excluding hydrogens is 326 g/mol. The summed E-state index contributed by atoms with van der Waals surface area (Å²) in [5, 5.41) is 2.73. The van der Waals surface area contributed by atoms with Crippen molar-refractivity contribution in [2.45, 2.75) is 24.8 Å². The molecule has 0 atom stereocenters. The fourth-order valence-electron chi connectivity index (χ4n) is 2.14. The number of aryl methyl sites for hydroxylation is 1. The van der Waals surface area contributed by atoms with Crippen molar-refractivity contribution in [3.05, 3.63) is 54.4 Å². The maximum absolute atomic E-state index is 12.1. The van der Waals surface area contributed by atoms with Crippen LogP contribution in [-0.4, -0.2) is 32.7 Å². The van der Waals surface area contributed by atoms with Gasteiger partial charge in [0, 0.05) is 31.9 Å². The molecule has 0 aliphatic heterocycles. The van der Waals surface area contributed by atoms with Gasteiger partial charge in [-0.1, -0.05) is 13.0 Å². The normalized spacial score (nSPS) is 11.5. The predicted octanol–water partition coefficient (Wildman–Crippen LogP) is 1.43. The van der Waals surface area contributed by atoms with Crippen LogP contribution in [0.3, 0.4) is 0 Å². The Morgan fingerprint density at radius 3 is 2.42 bits per heavy atom. The van der Waals surface area contributed by atoms with E-state index in [2.05, 4.69) is 12.2 Å². The number of hydrogen-bond donors (Lipinski definition) is 1. The number of hydrogen-bond acceptors (Lipinski definition) is 3. The largest absolute Gasteiger partial charge is 0.321 e. The first-order valence-electron chi connectivity index (χ1n) is 7.63. The van der Waals surface area contributed by atoms with E-state index in [1.165, 1.54) is 31.8 Å². The van der Waals surface area contributed by atoms with Crippen LogP contribution in [0.4, 0.5) is 5.69 Å². The number of sulfonamides is 1. The van der Waals surface area contributed by atoms with Crippen molar-refractivity contribution in [2.75, 3.05) is 19.4 Å². The minimum Gasteiger partial charge on any atom is -0.321 e. The number of anilines is 1. The number of pyridine rings is 1. The van der Waals surface area contributed by atoms with Crippen LogP contribution in [0, 0.1) is 0 Å². The number of amides is 1. The molecule has 0 fully saturated rings. The highest BCUT2D eigenvalue weighted by molar-refractivity contribution is 7.89. The van der Waals surface area contributed by atoms with E-state index in [9.17, 15) is 13.2 Å². The van der Waals surface area contributed by atoms with Crippen molar-refractivity contribution in [1.29, 1.82) is 0 Å². The van der Waals surface area contributed by atoms with Gasteiger partial charge in [0.05, 0.1) is 4.90 Å². The van der Waals surface area contributed by atoms with Gasteiger partial charge in [-0.25, -0.2) is 12.7 Å². The lowest BCUT2D eigenvalue weighted by molar-refractivity contribution is -0.684. The van der Waals surface area contributed by atoms with Gasteiger partial charge in [0.15, 0.2) is 12.4 Å². The highest BCUT2D eigenvalue weighted by atomic mass is 32.2. The van der Waals surface area contributed by atoms with Crippen LogP contribution in [0.5, 0.6) is 0 Å². The molecule has 0 aliphatic rings. The molecule has 1 heterocycles. The van der Waals surface area contributed by atoms with Crippen LogP contribution >= 0.6 is 0 Å². The van der Waals surface area contributed by atoms with Gasteiger partial charge in [0.2, 0.25) is 16.6 Å². The molecule has 0 unspecified atom stereocenters. The highest BCUT2D eigenvalue weighted by Crippen LogP contribution is 2.17. The second-order valence-corrected chi connectivity index (χ2v) is 7.75. The van der Waals surface area contributed by atoms with Crippen molar-refractivity contribution >= 4 is 21.6 Å². The van der Waals surface area contributed by atoms with E-state index < -0.39 is 10.0 Å². The first-order valence-corrected chi connectivity index (χ1v) is 9.07. The molecule has 2 rings (SSSR count). The molecule has 0 radical (unpaired) electrons. The predicted molar refractivity (Wildman–Crippen MR) is 92.0 cm³/mol. The Hall–Kier alpha value is -2.25. The van der Waals surface area contributed by atoms with Crippen LogP contribution in [-0.2, 0) is 27.8 Å². The quantitative estimate of drug-likeness (QED) is 0.803. The lowest BCUT2D eigenvalue weighted by Gasteiger charge is -2.12. The highest BCUT2D eigenvalue weighted by Gasteiger charge is 2.18. The van der Waals surface area contributed by atoms with Crippen molar-refractivity contribution in [3.63, 3.8) is 0 Å². The SMILES string of the molecule is CCc1cc[n+](CC(=O)Nc2cccc(S(=O)(=O)N(C)C)c2)cc1. The number of carbonyl (C=O) groups is 1. The minimum atomic E-state index is -3.52. The van der Waals surface area contributed by atoms with Crippen molar-refractivity contribution in [1.82, 2.24) is 4.31 Å². The monoisotopic (exact) mass is 348 g/mol. The Morgan fingerprint density at radius 1 is 1.17 bits per heavy atom. The van der Waals surface area contributed by atoms with Crippen molar-refractivity contribution < 1.29 is 17.8 Å². The van der Waals surface area contributed by atoms with E-state index in [1.54, 1.807) is 16.7 Å². The van der Waals surface area contributed by atoms with Crippen LogP contribution in [0.2, 0.25) is 0 Å². The number of rotatable bonds is 6. The molecule has 0 saturated heterocycles. The maximum atomic E-state index is 12.1. The fourth-order valence-corrected chi connectivity index (χ4v) is 3.09. The Labute approximate surface area is 142 Å². The summed E-state index contributed by atoms with van der Waals surface area (Å²) in [6.07, 6.45) is 4.65. The molecule has 24 heavy (non-hydrogen) atoms. The zero-order chi connectivity index (χ0) is 17.7. The van der Waals surface area contributed by atoms with Crippen LogP contribution in [0.15, 0.2) is 53.7 Å². The average Bonchev–Trinajstić information content (AvgIpc) is 2.55. The molecule has 6 nitrogen and oxygen atoms in total.